The number of likely N-dealkylation sites (tertiary alicyclic amines) is 1. The van der Waals surface area contributed by atoms with Crippen LogP contribution in [0.2, 0.25) is 0 Å². The quantitative estimate of drug-likeness (QED) is 0.619. The molecule has 1 amide bonds. The molecule has 0 unspecified atom stereocenters. The molecule has 1 aliphatic heterocycles. The first kappa shape index (κ1) is 18.5. The van der Waals surface area contributed by atoms with Gasteiger partial charge in [0, 0.05) is 18.5 Å². The van der Waals surface area contributed by atoms with Crippen LogP contribution in [0.4, 0.5) is 0 Å². The van der Waals surface area contributed by atoms with Gasteiger partial charge in [0.2, 0.25) is 5.91 Å². The zero-order chi connectivity index (χ0) is 17.1. The molecule has 0 bridgehead atoms. The lowest BCUT2D eigenvalue weighted by Crippen LogP contribution is -2.16. The topological polar surface area (TPSA) is 66.8 Å². The molecule has 0 saturated carbocycles. The zero-order valence-electron chi connectivity index (χ0n) is 13.2. The first-order chi connectivity index (χ1) is 11.0. The fourth-order valence-electron chi connectivity index (χ4n) is 1.96. The maximum absolute atomic E-state index is 10.7. The van der Waals surface area contributed by atoms with E-state index in [9.17, 15) is 9.59 Å². The minimum absolute atomic E-state index is 0.208. The van der Waals surface area contributed by atoms with Crippen LogP contribution in [0.15, 0.2) is 55.3 Å². The number of carbonyl (C=O) groups excluding carboxylic acids is 1. The highest BCUT2D eigenvalue weighted by Crippen LogP contribution is 2.10. The number of carboxylic acids is 1. The SMILES string of the molecule is C=C(CCCOc1ccccc1)C(=O)O.C=CN1CCCC1=O. The second kappa shape index (κ2) is 10.2. The summed E-state index contributed by atoms with van der Waals surface area (Å²) >= 11 is 0. The Labute approximate surface area is 136 Å². The summed E-state index contributed by atoms with van der Waals surface area (Å²) in [7, 11) is 0. The summed E-state index contributed by atoms with van der Waals surface area (Å²) in [6.07, 6.45) is 4.41. The van der Waals surface area contributed by atoms with Gasteiger partial charge in [-0.05, 0) is 37.6 Å². The number of carbonyl (C=O) groups is 2. The molecule has 23 heavy (non-hydrogen) atoms. The second-order valence-electron chi connectivity index (χ2n) is 5.05. The van der Waals surface area contributed by atoms with E-state index in [4.69, 9.17) is 9.84 Å². The van der Waals surface area contributed by atoms with Gasteiger partial charge in [0.15, 0.2) is 0 Å². The Morgan fingerprint density at radius 2 is 2.04 bits per heavy atom. The van der Waals surface area contributed by atoms with E-state index in [2.05, 4.69) is 13.2 Å². The highest BCUT2D eigenvalue weighted by Gasteiger charge is 2.16. The number of rotatable bonds is 7. The fraction of sp³-hybridized carbons (Fsp3) is 0.333. The molecule has 1 aromatic carbocycles. The number of hydrogen-bond acceptors (Lipinski definition) is 3. The number of benzene rings is 1. The average Bonchev–Trinajstić information content (AvgIpc) is 2.98. The summed E-state index contributed by atoms with van der Waals surface area (Å²) < 4.78 is 5.40. The van der Waals surface area contributed by atoms with Crippen LogP contribution in [0.25, 0.3) is 0 Å². The maximum atomic E-state index is 10.7. The molecule has 0 radical (unpaired) electrons. The summed E-state index contributed by atoms with van der Waals surface area (Å²) in [5, 5.41) is 8.56. The van der Waals surface area contributed by atoms with Gasteiger partial charge in [-0.15, -0.1) is 0 Å². The molecule has 5 heteroatoms. The Morgan fingerprint density at radius 3 is 2.52 bits per heavy atom. The Morgan fingerprint density at radius 1 is 1.35 bits per heavy atom. The molecule has 1 fully saturated rings. The van der Waals surface area contributed by atoms with Crippen LogP contribution in [0, 0.1) is 0 Å². The van der Waals surface area contributed by atoms with E-state index in [0.717, 1.165) is 18.7 Å². The fourth-order valence-corrected chi connectivity index (χ4v) is 1.96. The molecule has 1 saturated heterocycles. The van der Waals surface area contributed by atoms with Crippen molar-refractivity contribution in [2.75, 3.05) is 13.2 Å². The third-order valence-electron chi connectivity index (χ3n) is 3.27. The van der Waals surface area contributed by atoms with E-state index < -0.39 is 5.97 Å². The molecule has 1 N–H and O–H groups in total. The first-order valence-corrected chi connectivity index (χ1v) is 7.55. The normalized spacial score (nSPS) is 13.0. The smallest absolute Gasteiger partial charge is 0.330 e. The lowest BCUT2D eigenvalue weighted by molar-refractivity contribution is -0.132. The van der Waals surface area contributed by atoms with Crippen molar-refractivity contribution in [1.82, 2.24) is 4.90 Å². The van der Waals surface area contributed by atoms with Crippen molar-refractivity contribution in [1.29, 1.82) is 0 Å². The average molecular weight is 317 g/mol. The van der Waals surface area contributed by atoms with Gasteiger partial charge in [-0.2, -0.15) is 0 Å². The highest BCUT2D eigenvalue weighted by atomic mass is 16.5. The number of carboxylic acid groups (broad SMARTS) is 1. The van der Waals surface area contributed by atoms with Gasteiger partial charge >= 0.3 is 5.97 Å². The third-order valence-corrected chi connectivity index (χ3v) is 3.27. The van der Waals surface area contributed by atoms with Gasteiger partial charge in [0.1, 0.15) is 5.75 Å². The first-order valence-electron chi connectivity index (χ1n) is 7.55. The number of ether oxygens (including phenoxy) is 1. The Hall–Kier alpha value is -2.56. The van der Waals surface area contributed by atoms with Crippen LogP contribution in [0.1, 0.15) is 25.7 Å². The van der Waals surface area contributed by atoms with Crippen LogP contribution in [-0.2, 0) is 9.59 Å². The molecule has 0 atom stereocenters. The van der Waals surface area contributed by atoms with Crippen LogP contribution in [0.3, 0.4) is 0 Å². The summed E-state index contributed by atoms with van der Waals surface area (Å²) in [5.74, 6) is 0.0770. The van der Waals surface area contributed by atoms with Crippen LogP contribution in [-0.4, -0.2) is 35.0 Å². The van der Waals surface area contributed by atoms with Gasteiger partial charge in [-0.1, -0.05) is 31.4 Å². The van der Waals surface area contributed by atoms with Crippen LogP contribution in [0.5, 0.6) is 5.75 Å². The minimum atomic E-state index is -0.935. The van der Waals surface area contributed by atoms with Crippen LogP contribution < -0.4 is 4.74 Å². The van der Waals surface area contributed by atoms with Gasteiger partial charge in [-0.3, -0.25) is 4.79 Å². The number of hydrogen-bond donors (Lipinski definition) is 1. The van der Waals surface area contributed by atoms with E-state index in [1.807, 2.05) is 30.3 Å². The molecule has 0 aromatic heterocycles. The molecular weight excluding hydrogens is 294 g/mol. The Bertz CT molecular complexity index is 539. The summed E-state index contributed by atoms with van der Waals surface area (Å²) in [5.41, 5.74) is 0.228. The molecule has 1 aliphatic rings. The van der Waals surface area contributed by atoms with Gasteiger partial charge < -0.3 is 14.7 Å². The Kier molecular flexibility index (Phi) is 8.21. The predicted octanol–water partition coefficient (Wildman–Crippen LogP) is 3.24. The van der Waals surface area contributed by atoms with E-state index in [-0.39, 0.29) is 11.5 Å². The van der Waals surface area contributed by atoms with Gasteiger partial charge in [-0.25, -0.2) is 4.79 Å². The largest absolute Gasteiger partial charge is 0.494 e. The highest BCUT2D eigenvalue weighted by molar-refractivity contribution is 5.85. The summed E-state index contributed by atoms with van der Waals surface area (Å²) in [4.78, 5) is 22.7. The maximum Gasteiger partial charge on any atom is 0.330 e. The molecule has 5 nitrogen and oxygen atoms in total. The van der Waals surface area contributed by atoms with Crippen molar-refractivity contribution < 1.29 is 19.4 Å². The predicted molar refractivity (Wildman–Crippen MR) is 89.1 cm³/mol. The summed E-state index contributed by atoms with van der Waals surface area (Å²) in [6, 6.07) is 9.44. The van der Waals surface area contributed by atoms with Crippen molar-refractivity contribution in [3.05, 3.63) is 55.3 Å². The van der Waals surface area contributed by atoms with Crippen molar-refractivity contribution in [2.24, 2.45) is 0 Å². The van der Waals surface area contributed by atoms with E-state index >= 15 is 0 Å². The third kappa shape index (κ3) is 7.31. The van der Waals surface area contributed by atoms with Crippen molar-refractivity contribution in [2.45, 2.75) is 25.7 Å². The number of para-hydroxylation sites is 1. The second-order valence-corrected chi connectivity index (χ2v) is 5.05. The summed E-state index contributed by atoms with van der Waals surface area (Å²) in [6.45, 7) is 8.32. The van der Waals surface area contributed by atoms with Crippen LogP contribution >= 0.6 is 0 Å². The Balaban J connectivity index is 0.000000277. The number of aliphatic carboxylic acids is 1. The zero-order valence-corrected chi connectivity index (χ0v) is 13.2. The molecule has 0 aliphatic carbocycles. The number of nitrogens with zero attached hydrogens (tertiary/aromatic N) is 1. The lowest BCUT2D eigenvalue weighted by Gasteiger charge is -2.05. The van der Waals surface area contributed by atoms with E-state index in [1.54, 1.807) is 11.1 Å². The minimum Gasteiger partial charge on any atom is -0.494 e. The molecular formula is C18H23NO4. The standard InChI is InChI=1S/C12H14O3.C6H9NO/c1-10(12(13)14)6-5-9-15-11-7-3-2-4-8-11;1-2-7-5-3-4-6(7)8/h2-4,7-8H,1,5-6,9H2,(H,13,14);2H,1,3-5H2. The number of amides is 1. The van der Waals surface area contributed by atoms with Crippen molar-refractivity contribution in [3.8, 4) is 5.75 Å². The van der Waals surface area contributed by atoms with E-state index in [1.165, 1.54) is 0 Å². The monoisotopic (exact) mass is 317 g/mol. The van der Waals surface area contributed by atoms with Gasteiger partial charge in [0.25, 0.3) is 0 Å². The van der Waals surface area contributed by atoms with Gasteiger partial charge in [0.05, 0.1) is 6.61 Å². The van der Waals surface area contributed by atoms with Crippen molar-refractivity contribution >= 4 is 11.9 Å². The molecule has 124 valence electrons. The van der Waals surface area contributed by atoms with E-state index in [0.29, 0.717) is 25.9 Å². The lowest BCUT2D eigenvalue weighted by atomic mass is 10.2. The molecule has 1 aromatic rings. The molecule has 0 spiro atoms. The van der Waals surface area contributed by atoms with Crippen molar-refractivity contribution in [3.63, 3.8) is 0 Å². The molecule has 1 heterocycles. The molecule has 2 rings (SSSR count).